The van der Waals surface area contributed by atoms with Crippen LogP contribution in [0.3, 0.4) is 0 Å². The van der Waals surface area contributed by atoms with Gasteiger partial charge in [-0.15, -0.1) is 0 Å². The lowest BCUT2D eigenvalue weighted by molar-refractivity contribution is 0.212. The van der Waals surface area contributed by atoms with Gasteiger partial charge in [-0.25, -0.2) is 8.42 Å². The third-order valence-electron chi connectivity index (χ3n) is 1.71. The molecule has 0 aromatic heterocycles. The Morgan fingerprint density at radius 1 is 1.36 bits per heavy atom. The molecule has 0 aromatic rings. The van der Waals surface area contributed by atoms with Gasteiger partial charge in [0.15, 0.2) is 0 Å². The molecular formula is C7H16F2N2O2S. The average Bonchev–Trinajstić information content (AvgIpc) is 2.03. The van der Waals surface area contributed by atoms with Crippen molar-refractivity contribution in [3.63, 3.8) is 0 Å². The fraction of sp³-hybridized carbons (Fsp3) is 1.00. The molecule has 0 bridgehead atoms. The second-order valence-corrected chi connectivity index (χ2v) is 5.01. The van der Waals surface area contributed by atoms with Crippen LogP contribution in [0, 0.1) is 0 Å². The maximum absolute atomic E-state index is 12.2. The highest BCUT2D eigenvalue weighted by Gasteiger charge is 2.33. The lowest BCUT2D eigenvalue weighted by Crippen LogP contribution is -2.41. The molecular weight excluding hydrogens is 214 g/mol. The highest BCUT2D eigenvalue weighted by atomic mass is 32.2. The van der Waals surface area contributed by atoms with Crippen molar-refractivity contribution in [2.24, 2.45) is 5.73 Å². The summed E-state index contributed by atoms with van der Waals surface area (Å²) in [5, 5.41) is 0. The molecule has 0 fully saturated rings. The predicted octanol–water partition coefficient (Wildman–Crippen LogP) is 0.598. The van der Waals surface area contributed by atoms with Crippen LogP contribution in [-0.4, -0.2) is 37.6 Å². The van der Waals surface area contributed by atoms with Crippen molar-refractivity contribution in [2.45, 2.75) is 32.1 Å². The van der Waals surface area contributed by atoms with Crippen molar-refractivity contribution in [3.05, 3.63) is 0 Å². The monoisotopic (exact) mass is 230 g/mol. The van der Waals surface area contributed by atoms with Crippen molar-refractivity contribution in [2.75, 3.05) is 13.1 Å². The summed E-state index contributed by atoms with van der Waals surface area (Å²) in [4.78, 5) is 0. The Labute approximate surface area is 83.1 Å². The highest BCUT2D eigenvalue weighted by Crippen LogP contribution is 2.15. The van der Waals surface area contributed by atoms with E-state index in [0.29, 0.717) is 6.42 Å². The smallest absolute Gasteiger partial charge is 0.330 e. The lowest BCUT2D eigenvalue weighted by atomic mass is 10.3. The summed E-state index contributed by atoms with van der Waals surface area (Å²) in [6.07, 6.45) is 0.379. The van der Waals surface area contributed by atoms with Gasteiger partial charge in [-0.2, -0.15) is 13.1 Å². The first kappa shape index (κ1) is 13.7. The van der Waals surface area contributed by atoms with Crippen molar-refractivity contribution in [3.8, 4) is 0 Å². The Kier molecular flexibility index (Phi) is 5.46. The van der Waals surface area contributed by atoms with Gasteiger partial charge in [0.25, 0.3) is 10.0 Å². The van der Waals surface area contributed by atoms with E-state index in [1.807, 2.05) is 0 Å². The third kappa shape index (κ3) is 3.47. The van der Waals surface area contributed by atoms with E-state index < -0.39 is 21.8 Å². The van der Waals surface area contributed by atoms with E-state index in [0.717, 1.165) is 4.31 Å². The fourth-order valence-electron chi connectivity index (χ4n) is 1.03. The Hall–Kier alpha value is -0.270. The van der Waals surface area contributed by atoms with Crippen LogP contribution in [0.4, 0.5) is 8.78 Å². The number of nitrogens with zero attached hydrogens (tertiary/aromatic N) is 1. The number of alkyl halides is 2. The Morgan fingerprint density at radius 3 is 2.14 bits per heavy atom. The van der Waals surface area contributed by atoms with E-state index >= 15 is 0 Å². The van der Waals surface area contributed by atoms with Crippen LogP contribution in [0.25, 0.3) is 0 Å². The van der Waals surface area contributed by atoms with Gasteiger partial charge in [0.05, 0.1) is 0 Å². The fourth-order valence-corrected chi connectivity index (χ4v) is 2.20. The maximum atomic E-state index is 12.2. The molecule has 86 valence electrons. The van der Waals surface area contributed by atoms with Crippen molar-refractivity contribution >= 4 is 10.0 Å². The molecule has 7 heteroatoms. The van der Waals surface area contributed by atoms with Crippen molar-refractivity contribution < 1.29 is 17.2 Å². The van der Waals surface area contributed by atoms with Gasteiger partial charge in [-0.05, 0) is 26.8 Å². The van der Waals surface area contributed by atoms with Gasteiger partial charge in [0, 0.05) is 12.6 Å². The summed E-state index contributed by atoms with van der Waals surface area (Å²) < 4.78 is 47.4. The SMILES string of the molecule is CC(C)N(CCCN)S(=O)(=O)C(F)F. The van der Waals surface area contributed by atoms with Gasteiger partial charge in [0.2, 0.25) is 0 Å². The molecule has 0 aliphatic rings. The van der Waals surface area contributed by atoms with Crippen LogP contribution in [0.2, 0.25) is 0 Å². The molecule has 0 heterocycles. The van der Waals surface area contributed by atoms with Crippen LogP contribution in [0.1, 0.15) is 20.3 Å². The molecule has 0 rings (SSSR count). The predicted molar refractivity (Wildman–Crippen MR) is 50.4 cm³/mol. The minimum atomic E-state index is -4.47. The van der Waals surface area contributed by atoms with Crippen LogP contribution in [0.15, 0.2) is 0 Å². The molecule has 0 radical (unpaired) electrons. The van der Waals surface area contributed by atoms with E-state index in [-0.39, 0.29) is 13.1 Å². The maximum Gasteiger partial charge on any atom is 0.350 e. The summed E-state index contributed by atoms with van der Waals surface area (Å²) in [6, 6.07) is -0.472. The summed E-state index contributed by atoms with van der Waals surface area (Å²) in [5.74, 6) is -3.36. The van der Waals surface area contributed by atoms with Crippen LogP contribution in [-0.2, 0) is 10.0 Å². The quantitative estimate of drug-likeness (QED) is 0.726. The van der Waals surface area contributed by atoms with Gasteiger partial charge < -0.3 is 5.73 Å². The minimum Gasteiger partial charge on any atom is -0.330 e. The summed E-state index contributed by atoms with van der Waals surface area (Å²) in [6.45, 7) is 3.43. The van der Waals surface area contributed by atoms with Crippen LogP contribution < -0.4 is 5.73 Å². The van der Waals surface area contributed by atoms with Gasteiger partial charge in [0.1, 0.15) is 0 Å². The van der Waals surface area contributed by atoms with E-state index in [4.69, 9.17) is 5.73 Å². The molecule has 2 N–H and O–H groups in total. The second-order valence-electron chi connectivity index (χ2n) is 3.15. The normalized spacial score (nSPS) is 13.1. The van der Waals surface area contributed by atoms with E-state index in [9.17, 15) is 17.2 Å². The molecule has 14 heavy (non-hydrogen) atoms. The molecule has 0 aromatic carbocycles. The largest absolute Gasteiger partial charge is 0.350 e. The topological polar surface area (TPSA) is 63.4 Å². The second kappa shape index (κ2) is 5.57. The Balaban J connectivity index is 4.65. The molecule has 0 saturated heterocycles. The molecule has 0 amide bonds. The number of nitrogens with two attached hydrogens (primary N) is 1. The summed E-state index contributed by atoms with van der Waals surface area (Å²) in [5.41, 5.74) is 5.19. The zero-order valence-electron chi connectivity index (χ0n) is 8.28. The number of sulfonamides is 1. The van der Waals surface area contributed by atoms with Crippen molar-refractivity contribution in [1.29, 1.82) is 0 Å². The Bertz CT molecular complexity index is 254. The standard InChI is InChI=1S/C7H16F2N2O2S/c1-6(2)11(5-3-4-10)14(12,13)7(8)9/h6-7H,3-5,10H2,1-2H3. The third-order valence-corrected chi connectivity index (χ3v) is 3.42. The minimum absolute atomic E-state index is 0.0425. The van der Waals surface area contributed by atoms with Gasteiger partial charge in [-0.3, -0.25) is 0 Å². The van der Waals surface area contributed by atoms with Gasteiger partial charge >= 0.3 is 5.76 Å². The molecule has 0 spiro atoms. The number of hydrogen-bond donors (Lipinski definition) is 1. The van der Waals surface area contributed by atoms with Crippen LogP contribution in [0.5, 0.6) is 0 Å². The molecule has 0 aliphatic heterocycles. The number of rotatable bonds is 6. The van der Waals surface area contributed by atoms with E-state index in [2.05, 4.69) is 0 Å². The number of halogens is 2. The molecule has 4 nitrogen and oxygen atoms in total. The first-order chi connectivity index (χ1) is 6.34. The first-order valence-corrected chi connectivity index (χ1v) is 5.83. The van der Waals surface area contributed by atoms with Crippen molar-refractivity contribution in [1.82, 2.24) is 4.31 Å². The zero-order chi connectivity index (χ0) is 11.4. The first-order valence-electron chi connectivity index (χ1n) is 4.33. The molecule has 0 saturated carbocycles. The molecule has 0 unspecified atom stereocenters. The van der Waals surface area contributed by atoms with E-state index in [1.165, 1.54) is 0 Å². The zero-order valence-corrected chi connectivity index (χ0v) is 9.10. The van der Waals surface area contributed by atoms with E-state index in [1.54, 1.807) is 13.8 Å². The lowest BCUT2D eigenvalue weighted by Gasteiger charge is -2.24. The molecule has 0 aliphatic carbocycles. The number of hydrogen-bond acceptors (Lipinski definition) is 3. The highest BCUT2D eigenvalue weighted by molar-refractivity contribution is 7.89. The van der Waals surface area contributed by atoms with Gasteiger partial charge in [-0.1, -0.05) is 0 Å². The Morgan fingerprint density at radius 2 is 1.86 bits per heavy atom. The summed E-state index contributed by atoms with van der Waals surface area (Å²) in [7, 11) is -4.47. The average molecular weight is 230 g/mol. The van der Waals surface area contributed by atoms with Crippen LogP contribution >= 0.6 is 0 Å². The molecule has 0 atom stereocenters. The summed E-state index contributed by atoms with van der Waals surface area (Å²) >= 11 is 0.